The Morgan fingerprint density at radius 2 is 1.74 bits per heavy atom. The molecule has 0 aliphatic rings. The summed E-state index contributed by atoms with van der Waals surface area (Å²) in [4.78, 5) is 12.8. The second-order valence-electron chi connectivity index (χ2n) is 10.2. The molecule has 39 heavy (non-hydrogen) atoms. The van der Waals surface area contributed by atoms with Gasteiger partial charge in [0.15, 0.2) is 0 Å². The lowest BCUT2D eigenvalue weighted by Gasteiger charge is -2.25. The van der Waals surface area contributed by atoms with Gasteiger partial charge in [0.25, 0.3) is 0 Å². The van der Waals surface area contributed by atoms with E-state index in [9.17, 15) is 27.1 Å². The van der Waals surface area contributed by atoms with Crippen molar-refractivity contribution < 1.29 is 31.6 Å². The number of rotatable bonds is 18. The maximum atomic E-state index is 13.8. The highest BCUT2D eigenvalue weighted by Gasteiger charge is 2.25. The van der Waals surface area contributed by atoms with Gasteiger partial charge < -0.3 is 20.3 Å². The summed E-state index contributed by atoms with van der Waals surface area (Å²) in [6, 6.07) is 2.09. The van der Waals surface area contributed by atoms with E-state index in [2.05, 4.69) is 29.6 Å². The Labute approximate surface area is 230 Å². The second kappa shape index (κ2) is 16.0. The number of hydrogen-bond donors (Lipinski definition) is 3. The molecule has 0 saturated heterocycles. The van der Waals surface area contributed by atoms with Gasteiger partial charge in [-0.05, 0) is 49.3 Å². The van der Waals surface area contributed by atoms with Crippen LogP contribution in [0, 0.1) is 17.6 Å². The summed E-state index contributed by atoms with van der Waals surface area (Å²) >= 11 is 0. The molecule has 0 bridgehead atoms. The summed E-state index contributed by atoms with van der Waals surface area (Å²) in [6.45, 7) is 9.06. The highest BCUT2D eigenvalue weighted by molar-refractivity contribution is 7.89. The van der Waals surface area contributed by atoms with E-state index in [1.54, 1.807) is 0 Å². The molecule has 0 unspecified atom stereocenters. The molecule has 12 heteroatoms. The van der Waals surface area contributed by atoms with E-state index in [0.717, 1.165) is 35.9 Å². The number of nitrogens with one attached hydrogen (secondary N) is 2. The van der Waals surface area contributed by atoms with Crippen LogP contribution in [0.25, 0.3) is 0 Å². The van der Waals surface area contributed by atoms with Crippen molar-refractivity contribution in [3.8, 4) is 0 Å². The zero-order valence-corrected chi connectivity index (χ0v) is 24.1. The van der Waals surface area contributed by atoms with Crippen LogP contribution < -0.4 is 10.6 Å². The summed E-state index contributed by atoms with van der Waals surface area (Å²) < 4.78 is 59.5. The summed E-state index contributed by atoms with van der Waals surface area (Å²) in [5.41, 5.74) is 1.91. The molecule has 0 fully saturated rings. The van der Waals surface area contributed by atoms with E-state index in [-0.39, 0.29) is 30.7 Å². The van der Waals surface area contributed by atoms with Gasteiger partial charge in [-0.3, -0.25) is 4.79 Å². The van der Waals surface area contributed by atoms with Crippen molar-refractivity contribution in [3.63, 3.8) is 0 Å². The minimum Gasteiger partial charge on any atom is -0.390 e. The van der Waals surface area contributed by atoms with Crippen molar-refractivity contribution >= 4 is 15.9 Å². The van der Waals surface area contributed by atoms with Crippen molar-refractivity contribution in [2.45, 2.75) is 78.5 Å². The van der Waals surface area contributed by atoms with E-state index < -0.39 is 39.7 Å². The Morgan fingerprint density at radius 3 is 2.33 bits per heavy atom. The third-order valence-electron chi connectivity index (χ3n) is 6.11. The molecule has 0 radical (unpaired) electrons. The van der Waals surface area contributed by atoms with Crippen molar-refractivity contribution in [1.29, 1.82) is 0 Å². The molecule has 0 aliphatic heterocycles. The molecule has 2 rings (SSSR count). The first-order chi connectivity index (χ1) is 18.4. The first kappa shape index (κ1) is 32.8. The molecule has 0 spiro atoms. The molecule has 0 saturated carbocycles. The lowest BCUT2D eigenvalue weighted by atomic mass is 10.00. The highest BCUT2D eigenvalue weighted by atomic mass is 32.2. The Hall–Kier alpha value is -2.41. The smallest absolute Gasteiger partial charge is 0.221 e. The predicted octanol–water partition coefficient (Wildman–Crippen LogP) is 3.17. The number of amides is 1. The fourth-order valence-corrected chi connectivity index (χ4v) is 5.88. The molecule has 9 nitrogen and oxygen atoms in total. The average molecular weight is 573 g/mol. The third kappa shape index (κ3) is 11.3. The Kier molecular flexibility index (Phi) is 13.5. The lowest BCUT2D eigenvalue weighted by Crippen LogP contribution is -2.49. The number of nitrogens with zero attached hydrogens (tertiary/aromatic N) is 2. The molecule has 1 heterocycles. The number of carbonyl (C=O) groups excluding carboxylic acids is 1. The predicted molar refractivity (Wildman–Crippen MR) is 145 cm³/mol. The minimum absolute atomic E-state index is 0.0497. The van der Waals surface area contributed by atoms with Gasteiger partial charge in [0, 0.05) is 44.2 Å². The number of aromatic nitrogens is 1. The van der Waals surface area contributed by atoms with Crippen LogP contribution in [0.1, 0.15) is 63.8 Å². The molecular formula is C27H42F2N4O5S. The number of hydrogen-bond acceptors (Lipinski definition) is 7. The summed E-state index contributed by atoms with van der Waals surface area (Å²) in [6.07, 6.45) is 2.08. The average Bonchev–Trinajstić information content (AvgIpc) is 3.27. The number of aliphatic hydroxyl groups is 1. The first-order valence-electron chi connectivity index (χ1n) is 13.5. The van der Waals surface area contributed by atoms with Gasteiger partial charge in [-0.15, -0.1) is 0 Å². The minimum atomic E-state index is -3.64. The molecule has 1 aromatic heterocycles. The molecule has 1 amide bonds. The largest absolute Gasteiger partial charge is 0.390 e. The van der Waals surface area contributed by atoms with Crippen LogP contribution in [-0.4, -0.2) is 66.4 Å². The van der Waals surface area contributed by atoms with E-state index in [4.69, 9.17) is 4.52 Å². The van der Waals surface area contributed by atoms with Crippen LogP contribution in [0.15, 0.2) is 29.0 Å². The zero-order valence-electron chi connectivity index (χ0n) is 23.3. The number of sulfonamides is 1. The van der Waals surface area contributed by atoms with Crippen LogP contribution in [-0.2, 0) is 34.2 Å². The van der Waals surface area contributed by atoms with Crippen LogP contribution >= 0.6 is 0 Å². The van der Waals surface area contributed by atoms with Crippen molar-refractivity contribution in [2.75, 3.05) is 25.4 Å². The van der Waals surface area contributed by atoms with Crippen molar-refractivity contribution in [1.82, 2.24) is 20.1 Å². The third-order valence-corrected chi connectivity index (χ3v) is 7.99. The molecule has 0 aliphatic carbocycles. The van der Waals surface area contributed by atoms with Gasteiger partial charge in [-0.2, -0.15) is 0 Å². The van der Waals surface area contributed by atoms with Gasteiger partial charge in [-0.1, -0.05) is 32.9 Å². The maximum Gasteiger partial charge on any atom is 0.221 e. The van der Waals surface area contributed by atoms with E-state index in [1.165, 1.54) is 10.6 Å². The lowest BCUT2D eigenvalue weighted by molar-refractivity contribution is -0.122. The number of aliphatic hydroxyl groups excluding tert-OH is 1. The van der Waals surface area contributed by atoms with Gasteiger partial charge >= 0.3 is 0 Å². The quantitative estimate of drug-likeness (QED) is 0.251. The molecule has 1 aromatic carbocycles. The number of halogens is 2. The molecule has 220 valence electrons. The standard InChI is InChI=1S/C27H42F2N4O5S/c1-5-8-33(9-6-2)39(36,37)10-7-27(35)31-25(14-20-12-22(28)15-23(29)13-20)26(34)17-30-16-21-18-38-32-24(21)11-19(3)4/h12-13,15,18-19,25-26,30,34H,5-11,14,16-17H2,1-4H3,(H,31,35)/t25-,26+/m0/s1. The maximum absolute atomic E-state index is 13.8. The SMILES string of the molecule is CCCN(CCC)S(=O)(=O)CCC(=O)N[C@@H](Cc1cc(F)cc(F)c1)[C@H](O)CNCc1conc1CC(C)C. The topological polar surface area (TPSA) is 125 Å². The monoisotopic (exact) mass is 572 g/mol. The van der Waals surface area contributed by atoms with Crippen molar-refractivity contribution in [2.24, 2.45) is 5.92 Å². The van der Waals surface area contributed by atoms with Gasteiger partial charge in [-0.25, -0.2) is 21.5 Å². The molecule has 3 N–H and O–H groups in total. The van der Waals surface area contributed by atoms with Crippen LogP contribution in [0.3, 0.4) is 0 Å². The zero-order chi connectivity index (χ0) is 29.0. The number of carbonyl (C=O) groups is 1. The van der Waals surface area contributed by atoms with Gasteiger partial charge in [0.05, 0.1) is 23.6 Å². The van der Waals surface area contributed by atoms with Gasteiger partial charge in [0.2, 0.25) is 15.9 Å². The fourth-order valence-electron chi connectivity index (χ4n) is 4.26. The Morgan fingerprint density at radius 1 is 1.10 bits per heavy atom. The van der Waals surface area contributed by atoms with E-state index >= 15 is 0 Å². The second-order valence-corrected chi connectivity index (χ2v) is 12.3. The van der Waals surface area contributed by atoms with Crippen LogP contribution in [0.5, 0.6) is 0 Å². The van der Waals surface area contributed by atoms with Gasteiger partial charge in [0.1, 0.15) is 17.9 Å². The van der Waals surface area contributed by atoms with E-state index in [1.807, 2.05) is 13.8 Å². The van der Waals surface area contributed by atoms with Crippen molar-refractivity contribution in [3.05, 3.63) is 52.9 Å². The fraction of sp³-hybridized carbons (Fsp3) is 0.630. The molecule has 2 aromatic rings. The summed E-state index contributed by atoms with van der Waals surface area (Å²) in [5, 5.41) is 20.7. The number of benzene rings is 1. The summed E-state index contributed by atoms with van der Waals surface area (Å²) in [7, 11) is -3.64. The van der Waals surface area contributed by atoms with Crippen LogP contribution in [0.2, 0.25) is 0 Å². The Balaban J connectivity index is 2.07. The molecular weight excluding hydrogens is 530 g/mol. The Bertz CT molecular complexity index is 1120. The van der Waals surface area contributed by atoms with Crippen LogP contribution in [0.4, 0.5) is 8.78 Å². The first-order valence-corrected chi connectivity index (χ1v) is 15.1. The van der Waals surface area contributed by atoms with E-state index in [0.29, 0.717) is 38.4 Å². The highest BCUT2D eigenvalue weighted by Crippen LogP contribution is 2.14. The molecule has 2 atom stereocenters. The normalized spacial score (nSPS) is 13.7. The summed E-state index contributed by atoms with van der Waals surface area (Å²) in [5.74, 6) is -2.12.